The normalized spacial score (nSPS) is 13.1. The van der Waals surface area contributed by atoms with Gasteiger partial charge in [-0.2, -0.15) is 0 Å². The van der Waals surface area contributed by atoms with E-state index in [0.717, 1.165) is 55.0 Å². The standard InChI is InChI=1S/C25H12ClFN2/c26-15-9-7-14-11-21-16-4-2-5-19(27)23(16)17-10-8-13-3-1-6-20-22(13)24(17)29(21)25(28-20)18(14)12-15/h1-12H. The Labute approximate surface area is 170 Å². The van der Waals surface area contributed by atoms with Gasteiger partial charge in [0.2, 0.25) is 0 Å². The predicted octanol–water partition coefficient (Wildman–Crippen LogP) is 7.71. The van der Waals surface area contributed by atoms with E-state index in [-0.39, 0.29) is 5.82 Å². The molecule has 0 fully saturated rings. The average molecular weight is 395 g/mol. The van der Waals surface area contributed by atoms with E-state index in [9.17, 15) is 0 Å². The third-order valence-corrected chi connectivity index (χ3v) is 6.24. The lowest BCUT2D eigenvalue weighted by atomic mass is 9.92. The quantitative estimate of drug-likeness (QED) is 0.262. The van der Waals surface area contributed by atoms with Crippen molar-refractivity contribution in [3.63, 3.8) is 0 Å². The molecule has 136 valence electrons. The van der Waals surface area contributed by atoms with Gasteiger partial charge in [0.15, 0.2) is 0 Å². The second-order valence-corrected chi connectivity index (χ2v) is 7.97. The van der Waals surface area contributed by atoms with E-state index in [1.807, 2.05) is 42.5 Å². The number of nitrogens with zero attached hydrogens (tertiary/aromatic N) is 2. The van der Waals surface area contributed by atoms with Gasteiger partial charge in [0, 0.05) is 32.0 Å². The molecule has 0 amide bonds. The molecule has 29 heavy (non-hydrogen) atoms. The minimum absolute atomic E-state index is 0.206. The predicted molar refractivity (Wildman–Crippen MR) is 119 cm³/mol. The molecular weight excluding hydrogens is 383 g/mol. The van der Waals surface area contributed by atoms with Crippen LogP contribution in [0.2, 0.25) is 5.02 Å². The molecule has 0 atom stereocenters. The first-order chi connectivity index (χ1) is 14.2. The Hall–Kier alpha value is -3.43. The van der Waals surface area contributed by atoms with E-state index in [1.54, 1.807) is 6.07 Å². The van der Waals surface area contributed by atoms with Gasteiger partial charge in [-0.25, -0.2) is 9.37 Å². The van der Waals surface area contributed by atoms with Crippen LogP contribution >= 0.6 is 11.6 Å². The topological polar surface area (TPSA) is 16.1 Å². The Kier molecular flexibility index (Phi) is 2.74. The van der Waals surface area contributed by atoms with E-state index in [2.05, 4.69) is 23.1 Å². The van der Waals surface area contributed by atoms with Crippen molar-refractivity contribution >= 4 is 72.0 Å². The summed E-state index contributed by atoms with van der Waals surface area (Å²) in [5.41, 5.74) is 2.85. The van der Waals surface area contributed by atoms with Crippen molar-refractivity contribution in [3.05, 3.63) is 83.6 Å². The summed E-state index contributed by atoms with van der Waals surface area (Å²) in [6.45, 7) is 0. The van der Waals surface area contributed by atoms with E-state index < -0.39 is 0 Å². The lowest BCUT2D eigenvalue weighted by Gasteiger charge is -2.35. The average Bonchev–Trinajstić information content (AvgIpc) is 2.74. The maximum atomic E-state index is 15.1. The minimum atomic E-state index is -0.206. The van der Waals surface area contributed by atoms with Crippen molar-refractivity contribution in [2.24, 2.45) is 0 Å². The summed E-state index contributed by atoms with van der Waals surface area (Å²) in [4.78, 5) is 7.21. The zero-order valence-corrected chi connectivity index (χ0v) is 15.8. The number of aromatic nitrogens is 1. The van der Waals surface area contributed by atoms with Crippen LogP contribution in [0.4, 0.5) is 21.6 Å². The highest BCUT2D eigenvalue weighted by Gasteiger charge is 2.31. The van der Waals surface area contributed by atoms with Crippen molar-refractivity contribution in [1.29, 1.82) is 0 Å². The fraction of sp³-hybridized carbons (Fsp3) is 0. The Morgan fingerprint density at radius 1 is 0.759 bits per heavy atom. The zero-order valence-electron chi connectivity index (χ0n) is 15.1. The molecule has 0 aromatic heterocycles. The summed E-state index contributed by atoms with van der Waals surface area (Å²) in [6, 6.07) is 23.4. The number of anilines is 3. The van der Waals surface area contributed by atoms with Crippen LogP contribution in [-0.2, 0) is 0 Å². The van der Waals surface area contributed by atoms with Crippen LogP contribution in [0.25, 0.3) is 43.2 Å². The van der Waals surface area contributed by atoms with Gasteiger partial charge in [-0.1, -0.05) is 54.1 Å². The van der Waals surface area contributed by atoms with Crippen molar-refractivity contribution in [1.82, 2.24) is 4.98 Å². The SMILES string of the molecule is Fc1cccc2c3cc4ccc(Cl)cc4c4nc5cccc6ccc(c(c65)N43)c12. The van der Waals surface area contributed by atoms with E-state index in [4.69, 9.17) is 16.6 Å². The number of halogens is 2. The molecule has 4 heteroatoms. The second kappa shape index (κ2) is 5.13. The summed E-state index contributed by atoms with van der Waals surface area (Å²) in [7, 11) is 0. The third-order valence-electron chi connectivity index (χ3n) is 6.01. The molecule has 4 aromatic rings. The zero-order chi connectivity index (χ0) is 19.3. The molecule has 0 spiro atoms. The molecule has 3 aliphatic heterocycles. The van der Waals surface area contributed by atoms with E-state index in [0.29, 0.717) is 10.4 Å². The Bertz CT molecular complexity index is 1640. The van der Waals surface area contributed by atoms with Crippen LogP contribution in [0, 0.1) is 5.82 Å². The van der Waals surface area contributed by atoms with Gasteiger partial charge in [0.1, 0.15) is 11.6 Å². The van der Waals surface area contributed by atoms with Gasteiger partial charge in [0.05, 0.1) is 16.9 Å². The highest BCUT2D eigenvalue weighted by atomic mass is 35.5. The third kappa shape index (κ3) is 1.84. The van der Waals surface area contributed by atoms with Crippen molar-refractivity contribution in [2.45, 2.75) is 0 Å². The Balaban J connectivity index is 1.90. The molecule has 0 aliphatic carbocycles. The van der Waals surface area contributed by atoms with Crippen LogP contribution in [0.5, 0.6) is 0 Å². The second-order valence-electron chi connectivity index (χ2n) is 7.53. The van der Waals surface area contributed by atoms with Crippen LogP contribution in [0.1, 0.15) is 0 Å². The van der Waals surface area contributed by atoms with Crippen LogP contribution in [0.15, 0.2) is 72.8 Å². The van der Waals surface area contributed by atoms with Gasteiger partial charge in [-0.15, -0.1) is 0 Å². The number of fused-ring (bicyclic) bond motifs is 5. The molecule has 0 saturated heterocycles. The van der Waals surface area contributed by atoms with Crippen molar-refractivity contribution in [2.75, 3.05) is 4.90 Å². The summed E-state index contributed by atoms with van der Waals surface area (Å²) < 4.78 is 15.1. The molecule has 0 unspecified atom stereocenters. The summed E-state index contributed by atoms with van der Waals surface area (Å²) >= 11 is 6.33. The van der Waals surface area contributed by atoms with Gasteiger partial charge in [-0.3, -0.25) is 4.90 Å². The van der Waals surface area contributed by atoms with Crippen LogP contribution < -0.4 is 4.90 Å². The number of hydrogen-bond donors (Lipinski definition) is 0. The number of rotatable bonds is 0. The molecule has 0 bridgehead atoms. The van der Waals surface area contributed by atoms with Crippen LogP contribution in [-0.4, -0.2) is 4.98 Å². The smallest absolute Gasteiger partial charge is 0.146 e. The lowest BCUT2D eigenvalue weighted by molar-refractivity contribution is 0.640. The minimum Gasteiger partial charge on any atom is -0.293 e. The molecule has 4 aromatic carbocycles. The van der Waals surface area contributed by atoms with Crippen LogP contribution in [0.3, 0.4) is 0 Å². The maximum absolute atomic E-state index is 15.1. The largest absolute Gasteiger partial charge is 0.293 e. The highest BCUT2D eigenvalue weighted by Crippen LogP contribution is 2.54. The maximum Gasteiger partial charge on any atom is 0.146 e. The van der Waals surface area contributed by atoms with E-state index in [1.165, 1.54) is 6.07 Å². The first-order valence-electron chi connectivity index (χ1n) is 9.46. The van der Waals surface area contributed by atoms with Gasteiger partial charge in [-0.05, 0) is 41.1 Å². The summed E-state index contributed by atoms with van der Waals surface area (Å²) in [5, 5.41) is 7.27. The number of benzene rings is 4. The van der Waals surface area contributed by atoms with Gasteiger partial charge >= 0.3 is 0 Å². The molecule has 2 nitrogen and oxygen atoms in total. The fourth-order valence-corrected chi connectivity index (χ4v) is 4.99. The van der Waals surface area contributed by atoms with Crippen molar-refractivity contribution < 1.29 is 4.39 Å². The highest BCUT2D eigenvalue weighted by molar-refractivity contribution is 6.32. The van der Waals surface area contributed by atoms with Gasteiger partial charge in [0.25, 0.3) is 0 Å². The van der Waals surface area contributed by atoms with E-state index >= 15 is 4.39 Å². The molecule has 0 radical (unpaired) electrons. The molecule has 3 aliphatic rings. The van der Waals surface area contributed by atoms with Crippen molar-refractivity contribution in [3.8, 4) is 0 Å². The molecule has 0 saturated carbocycles. The molecule has 7 rings (SSSR count). The Morgan fingerprint density at radius 3 is 2.55 bits per heavy atom. The molecular formula is C25H12ClFN2. The summed E-state index contributed by atoms with van der Waals surface area (Å²) in [6.07, 6.45) is 0. The van der Waals surface area contributed by atoms with Gasteiger partial charge < -0.3 is 0 Å². The molecule has 3 heterocycles. The first-order valence-corrected chi connectivity index (χ1v) is 9.84. The monoisotopic (exact) mass is 394 g/mol. The summed E-state index contributed by atoms with van der Waals surface area (Å²) in [5.74, 6) is 0.629. The fourth-order valence-electron chi connectivity index (χ4n) is 4.82. The molecule has 0 N–H and O–H groups in total. The Morgan fingerprint density at radius 2 is 1.62 bits per heavy atom. The number of hydrogen-bond acceptors (Lipinski definition) is 2. The lowest BCUT2D eigenvalue weighted by Crippen LogP contribution is -2.18. The first kappa shape index (κ1) is 15.5.